The fourth-order valence-corrected chi connectivity index (χ4v) is 4.57. The van der Waals surface area contributed by atoms with Crippen molar-refractivity contribution in [2.45, 2.75) is 17.9 Å². The molecule has 0 amide bonds. The predicted molar refractivity (Wildman–Crippen MR) is 74.0 cm³/mol. The number of fused-ring (bicyclic) bond motifs is 1. The first-order chi connectivity index (χ1) is 9.07. The highest BCUT2D eigenvalue weighted by Crippen LogP contribution is 2.28. The highest BCUT2D eigenvalue weighted by Gasteiger charge is 2.25. The summed E-state index contributed by atoms with van der Waals surface area (Å²) in [5.41, 5.74) is 1.15. The van der Waals surface area contributed by atoms with Crippen LogP contribution in [0, 0.1) is 10.6 Å². The standard InChI is InChI=1S/C13H13FN2OS2/c14-11-1-3-12(4-2-11)19(15,17)16-7-5-13-10(9-16)6-8-18-13/h1-4,6,8,15H,5,7,9H2. The molecule has 6 heteroatoms. The lowest BCUT2D eigenvalue weighted by molar-refractivity contribution is 0.417. The quantitative estimate of drug-likeness (QED) is 0.908. The van der Waals surface area contributed by atoms with Crippen molar-refractivity contribution in [3.05, 3.63) is 52.0 Å². The van der Waals surface area contributed by atoms with Crippen LogP contribution in [0.25, 0.3) is 0 Å². The Morgan fingerprint density at radius 2 is 2.00 bits per heavy atom. The molecule has 0 aliphatic carbocycles. The summed E-state index contributed by atoms with van der Waals surface area (Å²) in [5.74, 6) is -0.377. The monoisotopic (exact) mass is 296 g/mol. The zero-order valence-corrected chi connectivity index (χ0v) is 11.8. The number of nitrogens with one attached hydrogen (secondary N) is 1. The van der Waals surface area contributed by atoms with Gasteiger partial charge in [0.2, 0.25) is 0 Å². The zero-order chi connectivity index (χ0) is 13.5. The zero-order valence-electron chi connectivity index (χ0n) is 10.1. The van der Waals surface area contributed by atoms with E-state index in [9.17, 15) is 8.60 Å². The number of hydrogen-bond donors (Lipinski definition) is 1. The van der Waals surface area contributed by atoms with Crippen LogP contribution in [0.15, 0.2) is 40.6 Å². The third-order valence-electron chi connectivity index (χ3n) is 3.27. The van der Waals surface area contributed by atoms with Crippen LogP contribution < -0.4 is 0 Å². The normalized spacial score (nSPS) is 18.8. The van der Waals surface area contributed by atoms with E-state index in [0.29, 0.717) is 18.0 Å². The van der Waals surface area contributed by atoms with Gasteiger partial charge in [0.1, 0.15) is 15.7 Å². The molecular weight excluding hydrogens is 283 g/mol. The lowest BCUT2D eigenvalue weighted by atomic mass is 10.1. The summed E-state index contributed by atoms with van der Waals surface area (Å²) < 4.78 is 35.4. The minimum absolute atomic E-state index is 0.368. The minimum Gasteiger partial charge on any atom is -0.236 e. The molecule has 1 aromatic heterocycles. The number of benzene rings is 1. The molecule has 1 aliphatic rings. The van der Waals surface area contributed by atoms with Gasteiger partial charge in [-0.05, 0) is 47.7 Å². The average molecular weight is 296 g/mol. The number of rotatable bonds is 2. The van der Waals surface area contributed by atoms with Gasteiger partial charge in [0.05, 0.1) is 4.90 Å². The van der Waals surface area contributed by atoms with Gasteiger partial charge in [-0.15, -0.1) is 11.3 Å². The maximum atomic E-state index is 12.9. The van der Waals surface area contributed by atoms with Gasteiger partial charge in [-0.3, -0.25) is 0 Å². The van der Waals surface area contributed by atoms with Gasteiger partial charge >= 0.3 is 0 Å². The van der Waals surface area contributed by atoms with Crippen molar-refractivity contribution in [3.8, 4) is 0 Å². The molecule has 2 aromatic rings. The highest BCUT2D eigenvalue weighted by atomic mass is 32.2. The fraction of sp³-hybridized carbons (Fsp3) is 0.231. The molecule has 3 nitrogen and oxygen atoms in total. The summed E-state index contributed by atoms with van der Waals surface area (Å²) in [4.78, 5) is 1.68. The van der Waals surface area contributed by atoms with Gasteiger partial charge in [-0.2, -0.15) is 0 Å². The molecule has 0 fully saturated rings. The summed E-state index contributed by atoms with van der Waals surface area (Å²) in [6.45, 7) is 1.13. The first-order valence-corrected chi connectivity index (χ1v) is 8.31. The molecule has 0 radical (unpaired) electrons. The molecule has 2 heterocycles. The molecule has 0 spiro atoms. The third-order valence-corrected chi connectivity index (χ3v) is 6.24. The first kappa shape index (κ1) is 12.8. The number of hydrogen-bond acceptors (Lipinski definition) is 3. The van der Waals surface area contributed by atoms with Crippen LogP contribution in [0.1, 0.15) is 10.4 Å². The third kappa shape index (κ3) is 2.31. The van der Waals surface area contributed by atoms with E-state index in [2.05, 4.69) is 0 Å². The Hall–Kier alpha value is -1.24. The van der Waals surface area contributed by atoms with Crippen LogP contribution in [0.3, 0.4) is 0 Å². The summed E-state index contributed by atoms with van der Waals surface area (Å²) >= 11 is 1.71. The Morgan fingerprint density at radius 1 is 1.26 bits per heavy atom. The number of nitrogens with zero attached hydrogens (tertiary/aromatic N) is 1. The SMILES string of the molecule is N=S(=O)(c1ccc(F)cc1)N1CCc2sccc2C1. The second-order valence-electron chi connectivity index (χ2n) is 4.46. The number of thiophene rings is 1. The molecule has 1 aromatic carbocycles. The van der Waals surface area contributed by atoms with Gasteiger partial charge < -0.3 is 0 Å². The van der Waals surface area contributed by atoms with E-state index in [-0.39, 0.29) is 5.82 Å². The fourth-order valence-electron chi connectivity index (χ4n) is 2.21. The molecule has 3 rings (SSSR count). The lowest BCUT2D eigenvalue weighted by Gasteiger charge is -2.28. The van der Waals surface area contributed by atoms with E-state index in [0.717, 1.165) is 12.0 Å². The van der Waals surface area contributed by atoms with Gasteiger partial charge in [-0.25, -0.2) is 17.7 Å². The minimum atomic E-state index is -3.03. The van der Waals surface area contributed by atoms with Gasteiger partial charge in [0.15, 0.2) is 0 Å². The summed E-state index contributed by atoms with van der Waals surface area (Å²) in [7, 11) is -3.03. The van der Waals surface area contributed by atoms with Gasteiger partial charge in [-0.1, -0.05) is 0 Å². The van der Waals surface area contributed by atoms with Crippen molar-refractivity contribution in [3.63, 3.8) is 0 Å². The van der Waals surface area contributed by atoms with Crippen molar-refractivity contribution < 1.29 is 8.60 Å². The van der Waals surface area contributed by atoms with Crippen LogP contribution in [-0.4, -0.2) is 15.1 Å². The Labute approximate surface area is 115 Å². The molecule has 1 aliphatic heterocycles. The molecule has 19 heavy (non-hydrogen) atoms. The summed E-state index contributed by atoms with van der Waals surface area (Å²) in [6, 6.07) is 7.40. The van der Waals surface area contributed by atoms with Gasteiger partial charge in [0.25, 0.3) is 0 Å². The van der Waals surface area contributed by atoms with Crippen LogP contribution in [0.2, 0.25) is 0 Å². The Balaban J connectivity index is 1.92. The van der Waals surface area contributed by atoms with E-state index in [1.807, 2.05) is 11.4 Å². The highest BCUT2D eigenvalue weighted by molar-refractivity contribution is 7.90. The van der Waals surface area contributed by atoms with E-state index >= 15 is 0 Å². The molecule has 100 valence electrons. The lowest BCUT2D eigenvalue weighted by Crippen LogP contribution is -2.34. The molecule has 0 saturated carbocycles. The van der Waals surface area contributed by atoms with Crippen molar-refractivity contribution in [1.29, 1.82) is 4.78 Å². The van der Waals surface area contributed by atoms with Crippen molar-refractivity contribution in [2.24, 2.45) is 0 Å². The molecular formula is C13H13FN2OS2. The van der Waals surface area contributed by atoms with Crippen LogP contribution in [-0.2, 0) is 22.9 Å². The molecule has 1 atom stereocenters. The summed E-state index contributed by atoms with van der Waals surface area (Å²) in [6.07, 6.45) is 0.823. The first-order valence-electron chi connectivity index (χ1n) is 5.92. The smallest absolute Gasteiger partial charge is 0.137 e. The predicted octanol–water partition coefficient (Wildman–Crippen LogP) is 3.27. The van der Waals surface area contributed by atoms with Crippen LogP contribution in [0.5, 0.6) is 0 Å². The van der Waals surface area contributed by atoms with Crippen molar-refractivity contribution in [2.75, 3.05) is 6.54 Å². The van der Waals surface area contributed by atoms with E-state index in [1.54, 1.807) is 15.6 Å². The maximum Gasteiger partial charge on any atom is 0.137 e. The largest absolute Gasteiger partial charge is 0.236 e. The molecule has 1 N–H and O–H groups in total. The van der Waals surface area contributed by atoms with Crippen LogP contribution >= 0.6 is 11.3 Å². The van der Waals surface area contributed by atoms with Gasteiger partial charge in [0, 0.05) is 18.0 Å². The molecule has 1 unspecified atom stereocenters. The Morgan fingerprint density at radius 3 is 2.74 bits per heavy atom. The number of halogens is 1. The van der Waals surface area contributed by atoms with Crippen LogP contribution in [0.4, 0.5) is 4.39 Å². The van der Waals surface area contributed by atoms with E-state index in [4.69, 9.17) is 4.78 Å². The van der Waals surface area contributed by atoms with Crippen molar-refractivity contribution >= 4 is 21.3 Å². The van der Waals surface area contributed by atoms with E-state index < -0.39 is 9.92 Å². The molecule has 0 saturated heterocycles. The summed E-state index contributed by atoms with van der Waals surface area (Å²) in [5, 5.41) is 2.03. The average Bonchev–Trinajstić information content (AvgIpc) is 2.86. The Kier molecular flexibility index (Phi) is 3.16. The van der Waals surface area contributed by atoms with E-state index in [1.165, 1.54) is 29.1 Å². The van der Waals surface area contributed by atoms with Crippen molar-refractivity contribution in [1.82, 2.24) is 4.31 Å². The molecule has 0 bridgehead atoms. The Bertz CT molecular complexity index is 692. The maximum absolute atomic E-state index is 12.9. The second-order valence-corrected chi connectivity index (χ2v) is 7.50. The topological polar surface area (TPSA) is 44.2 Å². The second kappa shape index (κ2) is 4.70.